The van der Waals surface area contributed by atoms with Gasteiger partial charge in [0.2, 0.25) is 0 Å². The number of urea groups is 1. The standard InChI is InChI=1S/C26H20ClF6N3OS/c1-24(16-6-4-3-5-7-16)14-36(35-22(24)15-8-10-18(20(27)12-15)25(28,29)30)23(37)34-17-9-11-19(26(31,32)33)21(13-17)38-2/h3-13H,14H2,1-2H3,(H,34,37). The summed E-state index contributed by atoms with van der Waals surface area (Å²) in [6, 6.07) is 14.8. The fourth-order valence-electron chi connectivity index (χ4n) is 4.25. The van der Waals surface area contributed by atoms with E-state index in [9.17, 15) is 31.1 Å². The van der Waals surface area contributed by atoms with E-state index in [2.05, 4.69) is 10.4 Å². The van der Waals surface area contributed by atoms with Gasteiger partial charge in [0.05, 0.1) is 33.8 Å². The highest BCUT2D eigenvalue weighted by Gasteiger charge is 2.43. The van der Waals surface area contributed by atoms with Crippen LogP contribution in [0.25, 0.3) is 0 Å². The van der Waals surface area contributed by atoms with Crippen LogP contribution in [0.15, 0.2) is 76.7 Å². The molecule has 200 valence electrons. The zero-order valence-corrected chi connectivity index (χ0v) is 21.5. The molecule has 4 nitrogen and oxygen atoms in total. The third-order valence-corrected chi connectivity index (χ3v) is 7.25. The van der Waals surface area contributed by atoms with Gasteiger partial charge in [-0.2, -0.15) is 31.4 Å². The van der Waals surface area contributed by atoms with Crippen molar-refractivity contribution in [3.8, 4) is 0 Å². The Bertz CT molecular complexity index is 1390. The van der Waals surface area contributed by atoms with Gasteiger partial charge in [-0.1, -0.05) is 48.0 Å². The number of benzene rings is 3. The van der Waals surface area contributed by atoms with Crippen molar-refractivity contribution in [1.29, 1.82) is 0 Å². The molecule has 0 saturated heterocycles. The van der Waals surface area contributed by atoms with E-state index >= 15 is 0 Å². The van der Waals surface area contributed by atoms with Gasteiger partial charge in [0, 0.05) is 16.1 Å². The normalized spacial score (nSPS) is 17.9. The van der Waals surface area contributed by atoms with Crippen molar-refractivity contribution in [2.45, 2.75) is 29.6 Å². The zero-order valence-electron chi connectivity index (χ0n) is 19.9. The van der Waals surface area contributed by atoms with Crippen LogP contribution >= 0.6 is 23.4 Å². The fraction of sp³-hybridized carbons (Fsp3) is 0.231. The Morgan fingerprint density at radius 2 is 1.61 bits per heavy atom. The zero-order chi connectivity index (χ0) is 27.9. The van der Waals surface area contributed by atoms with E-state index < -0.39 is 39.9 Å². The van der Waals surface area contributed by atoms with Gasteiger partial charge in [0.15, 0.2) is 0 Å². The number of hydrogen-bond acceptors (Lipinski definition) is 3. The van der Waals surface area contributed by atoms with Crippen LogP contribution in [0.2, 0.25) is 5.02 Å². The molecule has 12 heteroatoms. The topological polar surface area (TPSA) is 44.7 Å². The molecule has 0 saturated carbocycles. The predicted molar refractivity (Wildman–Crippen MR) is 136 cm³/mol. The molecule has 0 aromatic heterocycles. The van der Waals surface area contributed by atoms with E-state index in [1.54, 1.807) is 25.1 Å². The van der Waals surface area contributed by atoms with Crippen LogP contribution in [0.1, 0.15) is 29.2 Å². The lowest BCUT2D eigenvalue weighted by molar-refractivity contribution is -0.140. The number of anilines is 1. The minimum atomic E-state index is -4.64. The molecule has 3 aromatic carbocycles. The monoisotopic (exact) mass is 571 g/mol. The molecule has 0 spiro atoms. The van der Waals surface area contributed by atoms with Crippen LogP contribution in [-0.4, -0.2) is 29.6 Å². The minimum Gasteiger partial charge on any atom is -0.306 e. The first-order chi connectivity index (χ1) is 17.7. The molecule has 1 N–H and O–H groups in total. The van der Waals surface area contributed by atoms with Crippen molar-refractivity contribution >= 4 is 40.8 Å². The summed E-state index contributed by atoms with van der Waals surface area (Å²) in [6.45, 7) is 1.82. The van der Waals surface area contributed by atoms with E-state index in [1.807, 2.05) is 12.1 Å². The van der Waals surface area contributed by atoms with Crippen LogP contribution in [0, 0.1) is 0 Å². The fourth-order valence-corrected chi connectivity index (χ4v) is 5.19. The first-order valence-electron chi connectivity index (χ1n) is 11.1. The summed E-state index contributed by atoms with van der Waals surface area (Å²) in [6.07, 6.45) is -7.69. The SMILES string of the molecule is CSc1cc(NC(=O)N2CC(C)(c3ccccc3)C(c3ccc(C(F)(F)F)c(Cl)c3)=N2)ccc1C(F)(F)F. The molecule has 1 heterocycles. The van der Waals surface area contributed by atoms with Crippen molar-refractivity contribution in [2.75, 3.05) is 18.1 Å². The van der Waals surface area contributed by atoms with Gasteiger partial charge in [-0.15, -0.1) is 11.8 Å². The van der Waals surface area contributed by atoms with E-state index in [4.69, 9.17) is 11.6 Å². The largest absolute Gasteiger partial charge is 0.417 e. The van der Waals surface area contributed by atoms with Crippen LogP contribution in [-0.2, 0) is 17.8 Å². The summed E-state index contributed by atoms with van der Waals surface area (Å²) in [7, 11) is 0. The number of carbonyl (C=O) groups is 1. The number of nitrogens with one attached hydrogen (secondary N) is 1. The molecular formula is C26H20ClF6N3OS. The number of carbonyl (C=O) groups excluding carboxylic acids is 1. The average molecular weight is 572 g/mol. The summed E-state index contributed by atoms with van der Waals surface area (Å²) in [5, 5.41) is 7.59. The molecular weight excluding hydrogens is 552 g/mol. The number of thioether (sulfide) groups is 1. The van der Waals surface area contributed by atoms with Gasteiger partial charge >= 0.3 is 18.4 Å². The molecule has 0 aliphatic carbocycles. The minimum absolute atomic E-state index is 0.0207. The summed E-state index contributed by atoms with van der Waals surface area (Å²) in [5.74, 6) is 0. The van der Waals surface area contributed by atoms with Crippen molar-refractivity contribution in [3.05, 3.63) is 94.0 Å². The number of halogens is 7. The van der Waals surface area contributed by atoms with Crippen molar-refractivity contribution in [1.82, 2.24) is 5.01 Å². The maximum atomic E-state index is 13.3. The van der Waals surface area contributed by atoms with Gasteiger partial charge < -0.3 is 5.32 Å². The highest BCUT2D eigenvalue weighted by atomic mass is 35.5. The molecule has 1 aliphatic heterocycles. The predicted octanol–water partition coefficient (Wildman–Crippen LogP) is 8.31. The molecule has 1 atom stereocenters. The van der Waals surface area contributed by atoms with Crippen molar-refractivity contribution in [2.24, 2.45) is 5.10 Å². The van der Waals surface area contributed by atoms with E-state index in [-0.39, 0.29) is 17.1 Å². The van der Waals surface area contributed by atoms with Gasteiger partial charge in [-0.3, -0.25) is 0 Å². The smallest absolute Gasteiger partial charge is 0.306 e. The molecule has 4 rings (SSSR count). The molecule has 2 amide bonds. The Balaban J connectivity index is 1.70. The summed E-state index contributed by atoms with van der Waals surface area (Å²) < 4.78 is 79.5. The molecule has 1 unspecified atom stereocenters. The molecule has 38 heavy (non-hydrogen) atoms. The lowest BCUT2D eigenvalue weighted by Crippen LogP contribution is -2.38. The number of hydrazone groups is 1. The summed E-state index contributed by atoms with van der Waals surface area (Å²) in [5.41, 5.74) is -1.24. The maximum absolute atomic E-state index is 13.3. The third kappa shape index (κ3) is 5.49. The Hall–Kier alpha value is -3.18. The Kier molecular flexibility index (Phi) is 7.46. The lowest BCUT2D eigenvalue weighted by Gasteiger charge is -2.27. The quantitative estimate of drug-likeness (QED) is 0.253. The van der Waals surface area contributed by atoms with Crippen molar-refractivity contribution < 1.29 is 31.1 Å². The molecule has 0 fully saturated rings. The molecule has 3 aromatic rings. The Labute approximate surface area is 223 Å². The van der Waals surface area contributed by atoms with E-state index in [0.29, 0.717) is 11.3 Å². The molecule has 0 radical (unpaired) electrons. The summed E-state index contributed by atoms with van der Waals surface area (Å²) >= 11 is 6.85. The maximum Gasteiger partial charge on any atom is 0.417 e. The van der Waals surface area contributed by atoms with Crippen molar-refractivity contribution in [3.63, 3.8) is 0 Å². The highest BCUT2D eigenvalue weighted by Crippen LogP contribution is 2.40. The third-order valence-electron chi connectivity index (χ3n) is 6.16. The Morgan fingerprint density at radius 3 is 2.18 bits per heavy atom. The van der Waals surface area contributed by atoms with Gasteiger partial charge in [0.1, 0.15) is 0 Å². The first kappa shape index (κ1) is 27.8. The number of amides is 2. The first-order valence-corrected chi connectivity index (χ1v) is 12.7. The second kappa shape index (κ2) is 10.2. The van der Waals surface area contributed by atoms with Crippen LogP contribution in [0.5, 0.6) is 0 Å². The van der Waals surface area contributed by atoms with Gasteiger partial charge in [-0.05, 0) is 49.1 Å². The van der Waals surface area contributed by atoms with Crippen LogP contribution in [0.4, 0.5) is 36.8 Å². The van der Waals surface area contributed by atoms with Crippen LogP contribution in [0.3, 0.4) is 0 Å². The summed E-state index contributed by atoms with van der Waals surface area (Å²) in [4.78, 5) is 13.1. The number of nitrogens with zero attached hydrogens (tertiary/aromatic N) is 2. The van der Waals surface area contributed by atoms with Gasteiger partial charge in [0.25, 0.3) is 0 Å². The van der Waals surface area contributed by atoms with E-state index in [0.717, 1.165) is 46.6 Å². The molecule has 1 aliphatic rings. The van der Waals surface area contributed by atoms with E-state index in [1.165, 1.54) is 18.4 Å². The second-order valence-electron chi connectivity index (χ2n) is 8.74. The van der Waals surface area contributed by atoms with Crippen LogP contribution < -0.4 is 5.32 Å². The molecule has 0 bridgehead atoms. The number of alkyl halides is 6. The Morgan fingerprint density at radius 1 is 0.974 bits per heavy atom. The average Bonchev–Trinajstić information content (AvgIpc) is 3.22. The lowest BCUT2D eigenvalue weighted by atomic mass is 9.76. The van der Waals surface area contributed by atoms with Gasteiger partial charge in [-0.25, -0.2) is 9.80 Å². The second-order valence-corrected chi connectivity index (χ2v) is 10.00. The highest BCUT2D eigenvalue weighted by molar-refractivity contribution is 7.98. The number of hydrogen-bond donors (Lipinski definition) is 1. The number of rotatable bonds is 4.